The van der Waals surface area contributed by atoms with Gasteiger partial charge < -0.3 is 73.0 Å². The van der Waals surface area contributed by atoms with Gasteiger partial charge in [-0.05, 0) is 163 Å². The van der Waals surface area contributed by atoms with Gasteiger partial charge in [0.05, 0.1) is 65.3 Å². The SMILES string of the molecule is CC[C@]1(O)C[C@H]2CN(CCc3c([nH]c4ccccc34)[C@@](C)(c3cc4c(cc3OC)N(C)[C@H]3[C@@](O)(C(=O)N/N=C(/C)c5ccc(N6C(=O)CC(SCCNC(=O)[C@H](C)CC(=O)[C@H](CCCNC(=N)N)NC(=O)[C@H](C)CC(=O)[C@H](CCCNC(=N)N)NC(=O)CC[C@H](CC(=O)c7ccc(CCc8cnc9nc(C)[nH]c(=O)c9n8)cc7)C(=O)O)C6=O)cc5)[C@H](C)[C@]5(CC)C=CCN6CC[C@]43[C@@H]65)C2)C1. The number of imide groups is 1. The number of benzene rings is 4. The number of carboxylic acids is 1. The molecule has 7 aliphatic rings. The molecule has 1 aliphatic carbocycles. The molecule has 35 nitrogen and oxygen atoms in total. The highest BCUT2D eigenvalue weighted by Gasteiger charge is 2.78. The normalized spacial score (nSPS) is 25.1. The van der Waals surface area contributed by atoms with Crippen molar-refractivity contribution in [2.45, 2.75) is 222 Å². The molecular weight excluding hydrogens is 1740 g/mol. The minimum Gasteiger partial charge on any atom is -0.496 e. The van der Waals surface area contributed by atoms with Gasteiger partial charge in [-0.3, -0.25) is 73.4 Å². The number of para-hydroxylation sites is 1. The number of hydrogen-bond donors (Lipinski definition) is 15. The van der Waals surface area contributed by atoms with Gasteiger partial charge in [-0.15, -0.1) is 11.8 Å². The van der Waals surface area contributed by atoms with Crippen molar-refractivity contribution < 1.29 is 68.0 Å². The number of aliphatic hydroxyl groups is 2. The summed E-state index contributed by atoms with van der Waals surface area (Å²) < 4.78 is 6.59. The van der Waals surface area contributed by atoms with Gasteiger partial charge in [-0.1, -0.05) is 101 Å². The Balaban J connectivity index is 0.571. The molecule has 9 heterocycles. The van der Waals surface area contributed by atoms with E-state index >= 15 is 4.79 Å². The number of ketones is 3. The second-order valence-electron chi connectivity index (χ2n) is 38.4. The lowest BCUT2D eigenvalue weighted by molar-refractivity contribution is -0.178. The zero-order valence-electron chi connectivity index (χ0n) is 78.6. The highest BCUT2D eigenvalue weighted by Crippen LogP contribution is 2.69. The molecule has 3 aromatic heterocycles. The number of anilines is 2. The molecule has 1 saturated carbocycles. The monoisotopic (exact) mass is 1870 g/mol. The highest BCUT2D eigenvalue weighted by molar-refractivity contribution is 8.00. The first-order chi connectivity index (χ1) is 64.4. The van der Waals surface area contributed by atoms with Crippen LogP contribution in [0, 0.1) is 52.7 Å². The number of methoxy groups -OCH3 is 1. The maximum Gasteiger partial charge on any atom is 0.306 e. The summed E-state index contributed by atoms with van der Waals surface area (Å²) in [5.41, 5.74) is 18.3. The van der Waals surface area contributed by atoms with Crippen LogP contribution in [0.2, 0.25) is 0 Å². The standard InChI is InChI=1S/C99H128N20O15S/c1-11-96(132)51-61-50-95(8,83-68(34-41-117(53-61)54-96)67-18-13-14-19-71(67)112-83)70-47-69-74(48-78(70)134-10)116(9)91-98(69)36-42-118-40-17-35-97(12-2,90(98)118)58(6)99(91,133)92(131)115-114-57(5)62-27-31-66(32-28-62)119-81(124)49-79(88(119)128)135-43-39-104-85(125)55(3)44-77(122)73(21-16-38-106-94(102)103)113-86(126)56(4)45-76(121)72(20-15-37-105-93(100)101)111-80(123)33-29-64(89(129)130)46-75(120)63-25-22-60(23-26-63)24-30-65-52-107-84-82(110-65)87(127)109-59(7)108-84/h13-14,17-19,22-23,25-28,31-32,35,47-48,52,55-56,58,61,64,72-73,79,90-91,112,132-133H,11-12,15-16,20-21,24,29-30,33-34,36-46,49-51,53-54H2,1-10H3,(H,104,125)(H,111,123)(H,113,126)(H,115,131)(H,129,130)(H4,100,101,105)(H4,102,103,106)(H,107,108,109,127)/b114-57-/t55-,56-,58-,61+,64-,72+,73+,79?,90+,91-,95-,96+,97+,98-,99-/m1/s1. The number of hydrazone groups is 1. The van der Waals surface area contributed by atoms with E-state index in [4.69, 9.17) is 32.1 Å². The van der Waals surface area contributed by atoms with Crippen LogP contribution < -0.4 is 63.6 Å². The fraction of sp³-hybridized carbons (Fsp3) is 0.525. The Morgan fingerprint density at radius 1 is 0.785 bits per heavy atom. The van der Waals surface area contributed by atoms with Crippen molar-refractivity contribution in [2.24, 2.45) is 51.6 Å². The van der Waals surface area contributed by atoms with Gasteiger partial charge in [-0.2, -0.15) is 5.10 Å². The number of fused-ring (bicyclic) bond motifs is 7. The van der Waals surface area contributed by atoms with E-state index in [1.165, 1.54) is 29.6 Å². The van der Waals surface area contributed by atoms with Crippen molar-refractivity contribution in [1.82, 2.24) is 66.7 Å². The lowest BCUT2D eigenvalue weighted by Gasteiger charge is -2.64. The third-order valence-electron chi connectivity index (χ3n) is 29.6. The average molecular weight is 1870 g/mol. The third kappa shape index (κ3) is 20.4. The number of hydrogen-bond acceptors (Lipinski definition) is 24. The number of thioether (sulfide) groups is 1. The molecule has 7 aromatic rings. The van der Waals surface area contributed by atoms with Crippen molar-refractivity contribution in [3.8, 4) is 5.75 Å². The van der Waals surface area contributed by atoms with Gasteiger partial charge in [0.1, 0.15) is 11.6 Å². The Morgan fingerprint density at radius 3 is 2.14 bits per heavy atom. The number of piperidine rings is 1. The first-order valence-corrected chi connectivity index (χ1v) is 48.2. The summed E-state index contributed by atoms with van der Waals surface area (Å²) in [5.74, 6) is -9.30. The lowest BCUT2D eigenvalue weighted by Crippen LogP contribution is -2.79. The van der Waals surface area contributed by atoms with Crippen LogP contribution in [0.15, 0.2) is 113 Å². The number of amides is 6. The summed E-state index contributed by atoms with van der Waals surface area (Å²) in [6.07, 6.45) is 9.71. The van der Waals surface area contributed by atoms with E-state index in [2.05, 4.69) is 141 Å². The van der Waals surface area contributed by atoms with E-state index in [1.54, 1.807) is 82.6 Å². The number of carbonyl (C=O) groups excluding carboxylic acids is 9. The van der Waals surface area contributed by atoms with Gasteiger partial charge in [0.25, 0.3) is 11.5 Å². The third-order valence-corrected chi connectivity index (χ3v) is 30.8. The average Bonchev–Trinajstić information content (AvgIpc) is 1.48. The molecule has 4 fully saturated rings. The molecule has 720 valence electrons. The number of likely N-dealkylation sites (N-methyl/N-ethyl adjacent to an activating group) is 1. The van der Waals surface area contributed by atoms with E-state index in [9.17, 15) is 63.3 Å². The smallest absolute Gasteiger partial charge is 0.306 e. The molecule has 1 spiro atoms. The molecule has 3 saturated heterocycles. The van der Waals surface area contributed by atoms with Crippen molar-refractivity contribution in [2.75, 3.05) is 82.1 Å². The van der Waals surface area contributed by atoms with Gasteiger partial charge >= 0.3 is 5.97 Å². The van der Waals surface area contributed by atoms with Crippen LogP contribution in [0.1, 0.15) is 200 Å². The number of aliphatic carboxylic acids is 1. The number of H-pyrrole nitrogens is 2. The second kappa shape index (κ2) is 41.2. The number of aryl methyl sites for hydroxylation is 3. The molecule has 2 bridgehead atoms. The Bertz CT molecular complexity index is 5870. The zero-order chi connectivity index (χ0) is 96.9. The summed E-state index contributed by atoms with van der Waals surface area (Å²) in [7, 11) is 3.72. The van der Waals surface area contributed by atoms with Crippen LogP contribution >= 0.6 is 11.8 Å². The van der Waals surface area contributed by atoms with Crippen LogP contribution in [0.3, 0.4) is 0 Å². The molecule has 17 N–H and O–H groups in total. The molecular formula is C99H128N20O15S. The van der Waals surface area contributed by atoms with Crippen LogP contribution in [-0.4, -0.2) is 239 Å². The molecule has 6 amide bonds. The molecule has 4 aromatic carbocycles. The zero-order valence-corrected chi connectivity index (χ0v) is 79.4. The van der Waals surface area contributed by atoms with Crippen LogP contribution in [0.5, 0.6) is 5.75 Å². The Hall–Kier alpha value is -12.1. The van der Waals surface area contributed by atoms with E-state index in [0.717, 1.165) is 77.5 Å². The Morgan fingerprint density at radius 2 is 1.47 bits per heavy atom. The van der Waals surface area contributed by atoms with E-state index < -0.39 is 152 Å². The first kappa shape index (κ1) is 98.9. The van der Waals surface area contributed by atoms with Crippen molar-refractivity contribution in [3.63, 3.8) is 0 Å². The van der Waals surface area contributed by atoms with Crippen molar-refractivity contribution in [3.05, 3.63) is 164 Å². The quantitative estimate of drug-likeness (QED) is 0.00351. The predicted molar refractivity (Wildman–Crippen MR) is 514 cm³/mol. The number of aromatic amines is 2. The number of carboxylic acid groups (broad SMARTS) is 1. The first-order valence-electron chi connectivity index (χ1n) is 47.1. The minimum absolute atomic E-state index is 0.0234. The molecule has 2 unspecified atom stereocenters. The van der Waals surface area contributed by atoms with Crippen LogP contribution in [-0.2, 0) is 73.2 Å². The topological polar surface area (TPSA) is 525 Å². The largest absolute Gasteiger partial charge is 0.496 e. The predicted octanol–water partition coefficient (Wildman–Crippen LogP) is 6.95. The Labute approximate surface area is 788 Å². The fourth-order valence-corrected chi connectivity index (χ4v) is 23.6. The number of Topliss-reactive ketones (excluding diaryl/α,β-unsaturated/α-hetero) is 3. The fourth-order valence-electron chi connectivity index (χ4n) is 22.6. The molecule has 135 heavy (non-hydrogen) atoms. The maximum atomic E-state index is 15.8. The van der Waals surface area contributed by atoms with Crippen molar-refractivity contribution >= 4 is 122 Å². The number of rotatable bonds is 40. The van der Waals surface area contributed by atoms with Gasteiger partial charge in [0.2, 0.25) is 29.5 Å². The van der Waals surface area contributed by atoms with E-state index in [1.807, 2.05) is 14.0 Å². The van der Waals surface area contributed by atoms with Crippen LogP contribution in [0.4, 0.5) is 11.4 Å². The number of nitrogens with two attached hydrogens (primary N) is 2. The van der Waals surface area contributed by atoms with Gasteiger partial charge in [0, 0.05) is 170 Å². The second-order valence-corrected chi connectivity index (χ2v) is 39.7. The summed E-state index contributed by atoms with van der Waals surface area (Å²) in [4.78, 5) is 180. The number of ether oxygens (including phenoxy) is 1. The van der Waals surface area contributed by atoms with Crippen molar-refractivity contribution in [1.29, 1.82) is 10.8 Å². The minimum atomic E-state index is -2.03. The summed E-state index contributed by atoms with van der Waals surface area (Å²) in [5, 5.41) is 70.4. The van der Waals surface area contributed by atoms with Gasteiger partial charge in [0.15, 0.2) is 46.0 Å². The molecule has 14 rings (SSSR count). The highest BCUT2D eigenvalue weighted by atomic mass is 32.2. The van der Waals surface area contributed by atoms with E-state index in [-0.39, 0.29) is 117 Å². The van der Waals surface area contributed by atoms with Gasteiger partial charge in [-0.25, -0.2) is 25.3 Å². The number of carbonyl (C=O) groups is 10. The summed E-state index contributed by atoms with van der Waals surface area (Å²) in [6, 6.07) is 23.2. The molecule has 6 aliphatic heterocycles. The maximum absolute atomic E-state index is 15.8. The number of nitrogens with zero attached hydrogens (tertiary/aromatic N) is 8. The van der Waals surface area contributed by atoms with E-state index in [0.29, 0.717) is 79.3 Å². The van der Waals surface area contributed by atoms with Crippen LogP contribution in [0.25, 0.3) is 22.1 Å². The molecule has 16 atom stereocenters. The summed E-state index contributed by atoms with van der Waals surface area (Å²) in [6.45, 7) is 19.1. The molecule has 36 heteroatoms. The molecule has 0 radical (unpaired) electrons. The Kier molecular flexibility index (Phi) is 30.2. The summed E-state index contributed by atoms with van der Waals surface area (Å²) >= 11 is 1.19. The number of guanidine groups is 2. The number of aromatic nitrogens is 5. The lowest BCUT2D eigenvalue weighted by atomic mass is 9.45. The number of nitrogens with one attached hydrogen (secondary N) is 10.